The number of rotatable bonds is 2. The second-order valence-corrected chi connectivity index (χ2v) is 7.83. The predicted octanol–water partition coefficient (Wildman–Crippen LogP) is 5.59. The minimum atomic E-state index is -4.31. The molecule has 0 aromatic heterocycles. The molecule has 0 bridgehead atoms. The van der Waals surface area contributed by atoms with Crippen molar-refractivity contribution in [1.82, 2.24) is 0 Å². The van der Waals surface area contributed by atoms with E-state index in [0.717, 1.165) is 24.3 Å². The van der Waals surface area contributed by atoms with Gasteiger partial charge in [0, 0.05) is 51.0 Å². The summed E-state index contributed by atoms with van der Waals surface area (Å²) in [5.74, 6) is 0. The fourth-order valence-electron chi connectivity index (χ4n) is 3.80. The standard InChI is InChI=1S/C21H24F3N2.Y/c1-16-13-20(2,3)14-25(18-7-5-4-6-8-18)15-26(16)19-11-9-17(10-12-19)21(22,23)24;/h5-12,16H,13-15H2,1-3H3;/q-1;. The Balaban J connectivity index is 0.00000261. The fourth-order valence-corrected chi connectivity index (χ4v) is 3.80. The van der Waals surface area contributed by atoms with Crippen molar-refractivity contribution in [2.24, 2.45) is 5.41 Å². The van der Waals surface area contributed by atoms with E-state index < -0.39 is 11.7 Å². The Morgan fingerprint density at radius 3 is 2.15 bits per heavy atom. The van der Waals surface area contributed by atoms with Gasteiger partial charge in [-0.25, -0.2) is 0 Å². The third-order valence-electron chi connectivity index (χ3n) is 4.91. The smallest absolute Gasteiger partial charge is 0.376 e. The van der Waals surface area contributed by atoms with Crippen LogP contribution < -0.4 is 9.80 Å². The Morgan fingerprint density at radius 2 is 1.59 bits per heavy atom. The van der Waals surface area contributed by atoms with Crippen molar-refractivity contribution in [2.45, 2.75) is 39.4 Å². The summed E-state index contributed by atoms with van der Waals surface area (Å²) >= 11 is 0. The summed E-state index contributed by atoms with van der Waals surface area (Å²) in [5, 5.41) is 0. The van der Waals surface area contributed by atoms with Gasteiger partial charge in [0.15, 0.2) is 0 Å². The van der Waals surface area contributed by atoms with Gasteiger partial charge in [-0.1, -0.05) is 19.5 Å². The molecule has 2 nitrogen and oxygen atoms in total. The van der Waals surface area contributed by atoms with Gasteiger partial charge in [0.05, 0.1) is 12.2 Å². The third kappa shape index (κ3) is 5.48. The van der Waals surface area contributed by atoms with E-state index in [9.17, 15) is 13.2 Å². The van der Waals surface area contributed by atoms with Crippen LogP contribution in [0, 0.1) is 11.5 Å². The molecule has 1 atom stereocenters. The monoisotopic (exact) mass is 450 g/mol. The first-order valence-electron chi connectivity index (χ1n) is 8.81. The molecule has 1 heterocycles. The van der Waals surface area contributed by atoms with Crippen molar-refractivity contribution in [1.29, 1.82) is 0 Å². The number of alkyl halides is 3. The summed E-state index contributed by atoms with van der Waals surface area (Å²) in [6.45, 7) is 8.14. The zero-order valence-corrected chi connectivity index (χ0v) is 18.8. The Hall–Kier alpha value is -1.07. The van der Waals surface area contributed by atoms with Crippen LogP contribution in [0.4, 0.5) is 24.5 Å². The van der Waals surface area contributed by atoms with Crippen molar-refractivity contribution in [3.05, 3.63) is 60.2 Å². The Kier molecular flexibility index (Phi) is 7.02. The summed E-state index contributed by atoms with van der Waals surface area (Å²) in [4.78, 5) is 4.47. The number of nitrogens with zero attached hydrogens (tertiary/aromatic N) is 2. The zero-order chi connectivity index (χ0) is 18.9. The van der Waals surface area contributed by atoms with Gasteiger partial charge in [-0.05, 0) is 43.0 Å². The molecule has 2 aromatic rings. The Labute approximate surface area is 184 Å². The zero-order valence-electron chi connectivity index (χ0n) is 15.9. The topological polar surface area (TPSA) is 6.48 Å². The first-order valence-corrected chi connectivity index (χ1v) is 8.81. The summed E-state index contributed by atoms with van der Waals surface area (Å²) in [6.07, 6.45) is -3.35. The van der Waals surface area contributed by atoms with Crippen LogP contribution in [0.5, 0.6) is 0 Å². The molecule has 27 heavy (non-hydrogen) atoms. The molecule has 0 spiro atoms. The number of hydrogen-bond acceptors (Lipinski definition) is 2. The molecule has 143 valence electrons. The van der Waals surface area contributed by atoms with Gasteiger partial charge in [-0.15, -0.1) is 12.1 Å². The van der Waals surface area contributed by atoms with Gasteiger partial charge in [-0.2, -0.15) is 31.4 Å². The Bertz CT molecular complexity index is 729. The largest absolute Gasteiger partial charge is 0.416 e. The van der Waals surface area contributed by atoms with Crippen LogP contribution in [-0.2, 0) is 38.9 Å². The van der Waals surface area contributed by atoms with E-state index in [-0.39, 0.29) is 44.2 Å². The van der Waals surface area contributed by atoms with Gasteiger partial charge in [0.2, 0.25) is 0 Å². The molecule has 1 saturated heterocycles. The maximum atomic E-state index is 12.9. The number of anilines is 2. The first-order chi connectivity index (χ1) is 12.2. The van der Waals surface area contributed by atoms with Gasteiger partial charge in [0.25, 0.3) is 0 Å². The number of hydrogen-bond donors (Lipinski definition) is 0. The van der Waals surface area contributed by atoms with Crippen molar-refractivity contribution in [3.8, 4) is 0 Å². The first kappa shape index (κ1) is 22.2. The molecule has 2 aromatic carbocycles. The molecule has 1 aliphatic rings. The number of benzene rings is 2. The molecule has 0 N–H and O–H groups in total. The van der Waals surface area contributed by atoms with Gasteiger partial charge in [0.1, 0.15) is 0 Å². The molecular weight excluding hydrogens is 426 g/mol. The molecule has 6 heteroatoms. The molecule has 3 rings (SSSR count). The maximum absolute atomic E-state index is 12.9. The molecule has 1 aliphatic heterocycles. The third-order valence-corrected chi connectivity index (χ3v) is 4.91. The average Bonchev–Trinajstić information content (AvgIpc) is 2.70. The summed E-state index contributed by atoms with van der Waals surface area (Å²) < 4.78 is 38.6. The van der Waals surface area contributed by atoms with Crippen molar-refractivity contribution < 1.29 is 45.9 Å². The predicted molar refractivity (Wildman–Crippen MR) is 99.3 cm³/mol. The van der Waals surface area contributed by atoms with E-state index in [1.165, 1.54) is 12.1 Å². The Morgan fingerprint density at radius 1 is 1.00 bits per heavy atom. The molecule has 0 amide bonds. The van der Waals surface area contributed by atoms with Crippen molar-refractivity contribution in [2.75, 3.05) is 23.0 Å². The summed E-state index contributed by atoms with van der Waals surface area (Å²) in [6, 6.07) is 16.6. The van der Waals surface area contributed by atoms with Crippen LogP contribution in [-0.4, -0.2) is 19.3 Å². The quantitative estimate of drug-likeness (QED) is 0.551. The molecule has 1 radical (unpaired) electrons. The minimum absolute atomic E-state index is 0. The van der Waals surface area contributed by atoms with Crippen LogP contribution >= 0.6 is 0 Å². The molecule has 1 fully saturated rings. The SMILES string of the molecule is CC1CC(C)(C)CN(c2cc[c-]cc2)CN1c1ccc(C(F)(F)F)cc1.[Y]. The van der Waals surface area contributed by atoms with Gasteiger partial charge >= 0.3 is 6.18 Å². The van der Waals surface area contributed by atoms with E-state index in [0.29, 0.717) is 6.67 Å². The van der Waals surface area contributed by atoms with E-state index in [1.54, 1.807) is 12.1 Å². The normalized spacial score (nSPS) is 20.0. The summed E-state index contributed by atoms with van der Waals surface area (Å²) in [5.41, 5.74) is 1.40. The second kappa shape index (κ2) is 8.52. The summed E-state index contributed by atoms with van der Waals surface area (Å²) in [7, 11) is 0. The maximum Gasteiger partial charge on any atom is 0.416 e. The number of halogens is 3. The van der Waals surface area contributed by atoms with Gasteiger partial charge < -0.3 is 9.80 Å². The van der Waals surface area contributed by atoms with Crippen LogP contribution in [0.2, 0.25) is 0 Å². The molecule has 0 saturated carbocycles. The van der Waals surface area contributed by atoms with Crippen molar-refractivity contribution in [3.63, 3.8) is 0 Å². The fraction of sp³-hybridized carbons (Fsp3) is 0.429. The molecular formula is C21H24F3N2Y-. The van der Waals surface area contributed by atoms with E-state index in [1.807, 2.05) is 24.3 Å². The molecule has 0 aliphatic carbocycles. The second-order valence-electron chi connectivity index (χ2n) is 7.83. The van der Waals surface area contributed by atoms with Crippen LogP contribution in [0.15, 0.2) is 48.5 Å². The van der Waals surface area contributed by atoms with E-state index >= 15 is 0 Å². The minimum Gasteiger partial charge on any atom is -0.376 e. The van der Waals surface area contributed by atoms with Crippen LogP contribution in [0.3, 0.4) is 0 Å². The van der Waals surface area contributed by atoms with Crippen molar-refractivity contribution >= 4 is 11.4 Å². The average molecular weight is 450 g/mol. The van der Waals surface area contributed by atoms with E-state index in [2.05, 4.69) is 36.6 Å². The van der Waals surface area contributed by atoms with Crippen LogP contribution in [0.25, 0.3) is 0 Å². The molecule has 1 unspecified atom stereocenters. The van der Waals surface area contributed by atoms with Gasteiger partial charge in [-0.3, -0.25) is 0 Å². The van der Waals surface area contributed by atoms with E-state index in [4.69, 9.17) is 0 Å². The van der Waals surface area contributed by atoms with Crippen LogP contribution in [0.1, 0.15) is 32.8 Å².